The van der Waals surface area contributed by atoms with Crippen LogP contribution in [-0.2, 0) is 21.0 Å². The maximum absolute atomic E-state index is 12.9. The van der Waals surface area contributed by atoms with Gasteiger partial charge in [-0.3, -0.25) is 9.59 Å². The molecule has 0 spiro atoms. The van der Waals surface area contributed by atoms with Gasteiger partial charge in [-0.1, -0.05) is 6.07 Å². The Hall–Kier alpha value is -2.57. The number of carbonyl (C=O) groups is 2. The first-order valence-corrected chi connectivity index (χ1v) is 10.0. The largest absolute Gasteiger partial charge is 0.416 e. The lowest BCUT2D eigenvalue weighted by atomic mass is 10.2. The molecule has 12 heteroatoms. The number of nitrogens with two attached hydrogens (primary N) is 1. The molecule has 1 aliphatic heterocycles. The molecule has 0 unspecified atom stereocenters. The summed E-state index contributed by atoms with van der Waals surface area (Å²) in [7, 11) is -3.88. The lowest BCUT2D eigenvalue weighted by Gasteiger charge is -2.16. The third-order valence-electron chi connectivity index (χ3n) is 3.76. The maximum Gasteiger partial charge on any atom is 0.416 e. The van der Waals surface area contributed by atoms with Crippen LogP contribution in [0.2, 0.25) is 0 Å². The number of hydrogen-bond donors (Lipinski definition) is 2. The van der Waals surface area contributed by atoms with E-state index in [2.05, 4.69) is 5.32 Å². The molecule has 2 aromatic rings. The van der Waals surface area contributed by atoms with E-state index in [0.29, 0.717) is 22.3 Å². The van der Waals surface area contributed by atoms with Gasteiger partial charge in [0, 0.05) is 5.69 Å². The summed E-state index contributed by atoms with van der Waals surface area (Å²) in [5.74, 6) is -0.746. The van der Waals surface area contributed by atoms with Gasteiger partial charge in [-0.15, -0.1) is 0 Å². The number of nitrogens with zero attached hydrogens (tertiary/aromatic N) is 1. The standard InChI is InChI=1S/C16H12F3N3O4S2/c17-16(18,19)9-2-1-3-11(8-9)22-14(23)13(27-15(22)24)21-10-4-6-12(7-5-10)28(20,25)26/h1-8,13,21H,(H2,20,25,26)/t13-/m1/s1. The number of carbonyl (C=O) groups excluding carboxylic acids is 2. The molecule has 1 saturated heterocycles. The Morgan fingerprint density at radius 1 is 1.07 bits per heavy atom. The second kappa shape index (κ2) is 7.11. The molecule has 1 aliphatic rings. The molecule has 2 amide bonds. The van der Waals surface area contributed by atoms with E-state index in [9.17, 15) is 31.2 Å². The molecule has 1 atom stereocenters. The molecule has 0 aliphatic carbocycles. The van der Waals surface area contributed by atoms with Gasteiger partial charge in [0.2, 0.25) is 10.0 Å². The summed E-state index contributed by atoms with van der Waals surface area (Å²) in [5, 5.41) is 5.92. The van der Waals surface area contributed by atoms with E-state index in [-0.39, 0.29) is 10.6 Å². The number of primary sulfonamides is 1. The van der Waals surface area contributed by atoms with Crippen molar-refractivity contribution in [2.75, 3.05) is 10.2 Å². The van der Waals surface area contributed by atoms with Crippen LogP contribution in [-0.4, -0.2) is 24.9 Å². The lowest BCUT2D eigenvalue weighted by molar-refractivity contribution is -0.137. The van der Waals surface area contributed by atoms with E-state index in [1.807, 2.05) is 0 Å². The predicted octanol–water partition coefficient (Wildman–Crippen LogP) is 2.99. The summed E-state index contributed by atoms with van der Waals surface area (Å²) >= 11 is 0.597. The van der Waals surface area contributed by atoms with Gasteiger partial charge in [-0.05, 0) is 54.2 Å². The number of nitrogens with one attached hydrogen (secondary N) is 1. The molecule has 148 valence electrons. The van der Waals surface area contributed by atoms with E-state index in [4.69, 9.17) is 5.14 Å². The Bertz CT molecular complexity index is 1040. The highest BCUT2D eigenvalue weighted by Crippen LogP contribution is 2.36. The van der Waals surface area contributed by atoms with Crippen LogP contribution in [0, 0.1) is 0 Å². The molecule has 7 nitrogen and oxygen atoms in total. The Kier molecular flexibility index (Phi) is 5.12. The predicted molar refractivity (Wildman–Crippen MR) is 97.1 cm³/mol. The Labute approximate surface area is 161 Å². The fraction of sp³-hybridized carbons (Fsp3) is 0.125. The number of amides is 2. The first kappa shape index (κ1) is 20.2. The molecule has 1 heterocycles. The minimum Gasteiger partial charge on any atom is -0.365 e. The normalized spacial score (nSPS) is 17.9. The smallest absolute Gasteiger partial charge is 0.365 e. The van der Waals surface area contributed by atoms with Gasteiger partial charge < -0.3 is 5.32 Å². The van der Waals surface area contributed by atoms with Crippen LogP contribution >= 0.6 is 11.8 Å². The fourth-order valence-corrected chi connectivity index (χ4v) is 3.87. The Balaban J connectivity index is 1.81. The van der Waals surface area contributed by atoms with Gasteiger partial charge in [0.15, 0.2) is 5.37 Å². The zero-order chi connectivity index (χ0) is 20.7. The zero-order valence-corrected chi connectivity index (χ0v) is 15.4. The van der Waals surface area contributed by atoms with Gasteiger partial charge in [0.25, 0.3) is 11.1 Å². The Morgan fingerprint density at radius 2 is 1.71 bits per heavy atom. The number of sulfonamides is 1. The topological polar surface area (TPSA) is 110 Å². The minimum absolute atomic E-state index is 0.134. The monoisotopic (exact) mass is 431 g/mol. The van der Waals surface area contributed by atoms with E-state index in [1.54, 1.807) is 0 Å². The highest BCUT2D eigenvalue weighted by Gasteiger charge is 2.41. The van der Waals surface area contributed by atoms with Crippen molar-refractivity contribution in [3.8, 4) is 0 Å². The molecule has 0 radical (unpaired) electrons. The fourth-order valence-electron chi connectivity index (χ4n) is 2.45. The number of alkyl halides is 3. The number of anilines is 2. The lowest BCUT2D eigenvalue weighted by Crippen LogP contribution is -2.34. The average Bonchev–Trinajstić information content (AvgIpc) is 2.87. The van der Waals surface area contributed by atoms with E-state index < -0.39 is 38.3 Å². The number of rotatable bonds is 4. The van der Waals surface area contributed by atoms with Crippen LogP contribution in [0.4, 0.5) is 29.3 Å². The average molecular weight is 431 g/mol. The molecule has 1 fully saturated rings. The molecule has 3 N–H and O–H groups in total. The zero-order valence-electron chi connectivity index (χ0n) is 13.8. The van der Waals surface area contributed by atoms with Crippen LogP contribution in [0.3, 0.4) is 0 Å². The number of imide groups is 1. The van der Waals surface area contributed by atoms with Crippen molar-refractivity contribution in [1.82, 2.24) is 0 Å². The third-order valence-corrected chi connectivity index (χ3v) is 5.63. The van der Waals surface area contributed by atoms with Crippen LogP contribution < -0.4 is 15.4 Å². The Morgan fingerprint density at radius 3 is 2.29 bits per heavy atom. The van der Waals surface area contributed by atoms with Gasteiger partial charge in [-0.25, -0.2) is 18.5 Å². The molecule has 28 heavy (non-hydrogen) atoms. The van der Waals surface area contributed by atoms with Crippen LogP contribution in [0.15, 0.2) is 53.4 Å². The molecule has 3 rings (SSSR count). The van der Waals surface area contributed by atoms with Gasteiger partial charge in [-0.2, -0.15) is 13.2 Å². The summed E-state index contributed by atoms with van der Waals surface area (Å²) in [4.78, 5) is 25.2. The molecule has 2 aromatic carbocycles. The summed E-state index contributed by atoms with van der Waals surface area (Å²) in [5.41, 5.74) is -0.839. The highest BCUT2D eigenvalue weighted by molar-refractivity contribution is 8.16. The van der Waals surface area contributed by atoms with Gasteiger partial charge >= 0.3 is 6.18 Å². The second-order valence-electron chi connectivity index (χ2n) is 5.70. The van der Waals surface area contributed by atoms with E-state index in [1.165, 1.54) is 30.3 Å². The summed E-state index contributed by atoms with van der Waals surface area (Å²) in [6, 6.07) is 9.04. The van der Waals surface area contributed by atoms with Crippen molar-refractivity contribution >= 4 is 44.3 Å². The summed E-state index contributed by atoms with van der Waals surface area (Å²) in [6.07, 6.45) is -4.61. The summed E-state index contributed by atoms with van der Waals surface area (Å²) < 4.78 is 61.1. The third kappa shape index (κ3) is 4.13. The van der Waals surface area contributed by atoms with Crippen molar-refractivity contribution in [3.05, 3.63) is 54.1 Å². The first-order valence-electron chi connectivity index (χ1n) is 7.58. The molecule has 0 bridgehead atoms. The van der Waals surface area contributed by atoms with Crippen molar-refractivity contribution < 1.29 is 31.2 Å². The molecule has 0 saturated carbocycles. The molecular weight excluding hydrogens is 419 g/mol. The van der Waals surface area contributed by atoms with Crippen LogP contribution in [0.25, 0.3) is 0 Å². The number of thioether (sulfide) groups is 1. The van der Waals surface area contributed by atoms with E-state index in [0.717, 1.165) is 18.2 Å². The number of benzene rings is 2. The number of halogens is 3. The van der Waals surface area contributed by atoms with Gasteiger partial charge in [0.05, 0.1) is 16.1 Å². The van der Waals surface area contributed by atoms with Gasteiger partial charge in [0.1, 0.15) is 0 Å². The molecule has 0 aromatic heterocycles. The minimum atomic E-state index is -4.61. The van der Waals surface area contributed by atoms with Crippen LogP contribution in [0.5, 0.6) is 0 Å². The second-order valence-corrected chi connectivity index (χ2v) is 8.32. The number of hydrogen-bond acceptors (Lipinski definition) is 6. The quantitative estimate of drug-likeness (QED) is 0.770. The van der Waals surface area contributed by atoms with Crippen molar-refractivity contribution in [2.45, 2.75) is 16.4 Å². The van der Waals surface area contributed by atoms with Crippen molar-refractivity contribution in [1.29, 1.82) is 0 Å². The van der Waals surface area contributed by atoms with Crippen molar-refractivity contribution in [3.63, 3.8) is 0 Å². The molecular formula is C16H12F3N3O4S2. The SMILES string of the molecule is NS(=O)(=O)c1ccc(N[C@@H]2SC(=O)N(c3cccc(C(F)(F)F)c3)C2=O)cc1. The van der Waals surface area contributed by atoms with E-state index >= 15 is 0 Å². The van der Waals surface area contributed by atoms with Crippen LogP contribution in [0.1, 0.15) is 5.56 Å². The van der Waals surface area contributed by atoms with Crippen molar-refractivity contribution in [2.24, 2.45) is 5.14 Å². The summed E-state index contributed by atoms with van der Waals surface area (Å²) in [6.45, 7) is 0. The maximum atomic E-state index is 12.9. The first-order chi connectivity index (χ1) is 13.0. The highest BCUT2D eigenvalue weighted by atomic mass is 32.2.